The van der Waals surface area contributed by atoms with Gasteiger partial charge in [0.15, 0.2) is 0 Å². The number of carbonyl (C=O) groups excluding carboxylic acids is 1. The summed E-state index contributed by atoms with van der Waals surface area (Å²) in [6, 6.07) is 10.2. The lowest BCUT2D eigenvalue weighted by atomic mass is 10.1. The molecule has 23 heavy (non-hydrogen) atoms. The van der Waals surface area contributed by atoms with E-state index >= 15 is 0 Å². The Bertz CT molecular complexity index is 867. The highest BCUT2D eigenvalue weighted by atomic mass is 16.2. The van der Waals surface area contributed by atoms with E-state index in [0.29, 0.717) is 5.56 Å². The molecule has 3 heterocycles. The number of rotatable bonds is 1. The molecule has 0 fully saturated rings. The van der Waals surface area contributed by atoms with Crippen molar-refractivity contribution in [1.29, 1.82) is 0 Å². The van der Waals surface area contributed by atoms with Gasteiger partial charge in [0.25, 0.3) is 5.91 Å². The quantitative estimate of drug-likeness (QED) is 0.751. The number of H-pyrrole nitrogens is 1. The molecule has 1 amide bonds. The van der Waals surface area contributed by atoms with E-state index in [0.717, 1.165) is 25.9 Å². The van der Waals surface area contributed by atoms with Gasteiger partial charge in [-0.15, -0.1) is 0 Å². The average molecular weight is 305 g/mol. The fourth-order valence-corrected chi connectivity index (χ4v) is 3.40. The van der Waals surface area contributed by atoms with Crippen molar-refractivity contribution in [3.8, 4) is 0 Å². The maximum atomic E-state index is 12.6. The van der Waals surface area contributed by atoms with Gasteiger partial charge in [-0.2, -0.15) is 0 Å². The molecule has 4 heteroatoms. The Morgan fingerprint density at radius 3 is 2.91 bits per heavy atom. The molecule has 0 atom stereocenters. The first-order chi connectivity index (χ1) is 11.2. The summed E-state index contributed by atoms with van der Waals surface area (Å²) in [5.41, 5.74) is 5.77. The summed E-state index contributed by atoms with van der Waals surface area (Å²) in [4.78, 5) is 22.1. The van der Waals surface area contributed by atoms with Crippen molar-refractivity contribution in [3.05, 3.63) is 65.1 Å². The molecule has 0 bridgehead atoms. The Labute approximate surface area is 135 Å². The molecule has 4 rings (SSSR count). The van der Waals surface area contributed by atoms with Crippen LogP contribution in [0.25, 0.3) is 10.9 Å². The highest BCUT2D eigenvalue weighted by Gasteiger charge is 2.22. The predicted molar refractivity (Wildman–Crippen MR) is 90.6 cm³/mol. The Kier molecular flexibility index (Phi) is 3.37. The van der Waals surface area contributed by atoms with Gasteiger partial charge in [0.05, 0.1) is 5.56 Å². The van der Waals surface area contributed by atoms with E-state index in [1.807, 2.05) is 17.0 Å². The minimum atomic E-state index is 0.0729. The lowest BCUT2D eigenvalue weighted by Gasteiger charge is -2.20. The molecule has 0 radical (unpaired) electrons. The molecule has 1 N–H and O–H groups in total. The first-order valence-corrected chi connectivity index (χ1v) is 8.02. The second-order valence-corrected chi connectivity index (χ2v) is 6.17. The van der Waals surface area contributed by atoms with Crippen molar-refractivity contribution in [2.75, 3.05) is 13.1 Å². The summed E-state index contributed by atoms with van der Waals surface area (Å²) in [5.74, 6) is 0.0729. The Balaban J connectivity index is 1.62. The summed E-state index contributed by atoms with van der Waals surface area (Å²) in [6.07, 6.45) is 5.10. The minimum Gasteiger partial charge on any atom is -0.358 e. The Morgan fingerprint density at radius 2 is 2.09 bits per heavy atom. The lowest BCUT2D eigenvalue weighted by molar-refractivity contribution is 0.0762. The van der Waals surface area contributed by atoms with Crippen LogP contribution < -0.4 is 0 Å². The van der Waals surface area contributed by atoms with E-state index in [2.05, 4.69) is 35.1 Å². The fourth-order valence-electron chi connectivity index (χ4n) is 3.40. The number of hydrogen-bond donors (Lipinski definition) is 1. The molecule has 1 aliphatic heterocycles. The number of benzene rings is 1. The van der Waals surface area contributed by atoms with Crippen molar-refractivity contribution >= 4 is 16.8 Å². The van der Waals surface area contributed by atoms with Gasteiger partial charge < -0.3 is 9.88 Å². The zero-order valence-corrected chi connectivity index (χ0v) is 13.2. The first-order valence-electron chi connectivity index (χ1n) is 8.02. The van der Waals surface area contributed by atoms with Crippen LogP contribution in [0.4, 0.5) is 0 Å². The van der Waals surface area contributed by atoms with Crippen LogP contribution in [-0.4, -0.2) is 33.9 Å². The van der Waals surface area contributed by atoms with Crippen molar-refractivity contribution in [2.45, 2.75) is 19.8 Å². The molecule has 3 aromatic rings. The van der Waals surface area contributed by atoms with Crippen LogP contribution >= 0.6 is 0 Å². The van der Waals surface area contributed by atoms with E-state index in [1.165, 1.54) is 27.7 Å². The number of fused-ring (bicyclic) bond motifs is 3. The number of aromatic nitrogens is 2. The summed E-state index contributed by atoms with van der Waals surface area (Å²) in [6.45, 7) is 3.61. The zero-order valence-electron chi connectivity index (χ0n) is 13.2. The van der Waals surface area contributed by atoms with E-state index in [1.54, 1.807) is 12.4 Å². The standard InChI is InChI=1S/C19H19N3O/c1-13-4-5-17-16(11-13)15-6-9-22(10-7-18(15)21-17)19(23)14-3-2-8-20-12-14/h2-5,8,11-12,21H,6-7,9-10H2,1H3. The molecule has 116 valence electrons. The number of pyridine rings is 1. The van der Waals surface area contributed by atoms with E-state index in [-0.39, 0.29) is 5.91 Å². The minimum absolute atomic E-state index is 0.0729. The molecule has 0 unspecified atom stereocenters. The number of amides is 1. The third-order valence-corrected chi connectivity index (χ3v) is 4.61. The van der Waals surface area contributed by atoms with Gasteiger partial charge in [-0.3, -0.25) is 9.78 Å². The van der Waals surface area contributed by atoms with Gasteiger partial charge in [-0.05, 0) is 43.2 Å². The van der Waals surface area contributed by atoms with Gasteiger partial charge >= 0.3 is 0 Å². The molecular formula is C19H19N3O. The van der Waals surface area contributed by atoms with Gasteiger partial charge in [0.1, 0.15) is 0 Å². The third-order valence-electron chi connectivity index (χ3n) is 4.61. The molecule has 1 aliphatic rings. The predicted octanol–water partition coefficient (Wildman–Crippen LogP) is 3.11. The van der Waals surface area contributed by atoms with Crippen molar-refractivity contribution in [3.63, 3.8) is 0 Å². The van der Waals surface area contributed by atoms with E-state index < -0.39 is 0 Å². The number of aryl methyl sites for hydroxylation is 1. The highest BCUT2D eigenvalue weighted by Crippen LogP contribution is 2.27. The molecule has 0 saturated heterocycles. The number of carbonyl (C=O) groups is 1. The first kappa shape index (κ1) is 14.0. The molecular weight excluding hydrogens is 286 g/mol. The van der Waals surface area contributed by atoms with Crippen LogP contribution in [0, 0.1) is 6.92 Å². The van der Waals surface area contributed by atoms with Crippen LogP contribution in [0.1, 0.15) is 27.2 Å². The third kappa shape index (κ3) is 2.50. The topological polar surface area (TPSA) is 49.0 Å². The molecule has 0 spiro atoms. The number of aromatic amines is 1. The normalized spacial score (nSPS) is 14.6. The summed E-state index contributed by atoms with van der Waals surface area (Å²) < 4.78 is 0. The molecule has 2 aromatic heterocycles. The van der Waals surface area contributed by atoms with Crippen molar-refractivity contribution in [1.82, 2.24) is 14.9 Å². The second kappa shape index (κ2) is 5.54. The highest BCUT2D eigenvalue weighted by molar-refractivity contribution is 5.94. The molecule has 0 saturated carbocycles. The van der Waals surface area contributed by atoms with Crippen molar-refractivity contribution < 1.29 is 4.79 Å². The van der Waals surface area contributed by atoms with Crippen LogP contribution in [-0.2, 0) is 12.8 Å². The second-order valence-electron chi connectivity index (χ2n) is 6.17. The molecule has 1 aromatic carbocycles. The molecule has 4 nitrogen and oxygen atoms in total. The smallest absolute Gasteiger partial charge is 0.255 e. The van der Waals surface area contributed by atoms with Gasteiger partial charge in [0, 0.05) is 48.5 Å². The summed E-state index contributed by atoms with van der Waals surface area (Å²) in [5, 5.41) is 1.30. The zero-order chi connectivity index (χ0) is 15.8. The Hall–Kier alpha value is -2.62. The Morgan fingerprint density at radius 1 is 1.22 bits per heavy atom. The summed E-state index contributed by atoms with van der Waals surface area (Å²) >= 11 is 0. The number of nitrogens with one attached hydrogen (secondary N) is 1. The summed E-state index contributed by atoms with van der Waals surface area (Å²) in [7, 11) is 0. The van der Waals surface area contributed by atoms with Crippen LogP contribution in [0.15, 0.2) is 42.7 Å². The maximum absolute atomic E-state index is 12.6. The van der Waals surface area contributed by atoms with Gasteiger partial charge in [0.2, 0.25) is 0 Å². The fraction of sp³-hybridized carbons (Fsp3) is 0.263. The number of nitrogens with zero attached hydrogens (tertiary/aromatic N) is 2. The van der Waals surface area contributed by atoms with Gasteiger partial charge in [-0.1, -0.05) is 11.6 Å². The van der Waals surface area contributed by atoms with E-state index in [4.69, 9.17) is 0 Å². The average Bonchev–Trinajstić information content (AvgIpc) is 2.78. The van der Waals surface area contributed by atoms with Crippen LogP contribution in [0.3, 0.4) is 0 Å². The van der Waals surface area contributed by atoms with Crippen LogP contribution in [0.5, 0.6) is 0 Å². The molecule has 0 aliphatic carbocycles. The van der Waals surface area contributed by atoms with Crippen molar-refractivity contribution in [2.24, 2.45) is 0 Å². The lowest BCUT2D eigenvalue weighted by Crippen LogP contribution is -2.33. The van der Waals surface area contributed by atoms with Gasteiger partial charge in [-0.25, -0.2) is 0 Å². The number of hydrogen-bond acceptors (Lipinski definition) is 2. The van der Waals surface area contributed by atoms with E-state index in [9.17, 15) is 4.79 Å². The monoisotopic (exact) mass is 305 g/mol. The maximum Gasteiger partial charge on any atom is 0.255 e. The SMILES string of the molecule is Cc1ccc2[nH]c3c(c2c1)CCN(C(=O)c1cccnc1)CC3. The largest absolute Gasteiger partial charge is 0.358 e. The van der Waals surface area contributed by atoms with Crippen LogP contribution in [0.2, 0.25) is 0 Å².